The first-order valence-corrected chi connectivity index (χ1v) is 9.85. The van der Waals surface area contributed by atoms with E-state index in [1.165, 1.54) is 16.0 Å². The van der Waals surface area contributed by atoms with Crippen molar-refractivity contribution >= 4 is 40.5 Å². The van der Waals surface area contributed by atoms with Crippen molar-refractivity contribution in [3.05, 3.63) is 53.6 Å². The van der Waals surface area contributed by atoms with Gasteiger partial charge < -0.3 is 10.6 Å². The summed E-state index contributed by atoms with van der Waals surface area (Å²) >= 11 is 7.44. The molecule has 0 aliphatic carbocycles. The lowest BCUT2D eigenvalue weighted by Crippen LogP contribution is -2.33. The molecule has 132 valence electrons. The fraction of sp³-hybridized carbons (Fsp3) is 0.381. The van der Waals surface area contributed by atoms with Gasteiger partial charge in [0.25, 0.3) is 0 Å². The summed E-state index contributed by atoms with van der Waals surface area (Å²) in [6.07, 6.45) is 1.16. The number of fused-ring (bicyclic) bond motifs is 1. The van der Waals surface area contributed by atoms with Gasteiger partial charge in [-0.1, -0.05) is 45.4 Å². The van der Waals surface area contributed by atoms with Gasteiger partial charge in [0.2, 0.25) is 0 Å². The normalized spacial score (nSPS) is 17.5. The van der Waals surface area contributed by atoms with Gasteiger partial charge in [-0.15, -0.1) is 11.8 Å². The highest BCUT2D eigenvalue weighted by Gasteiger charge is 2.38. The van der Waals surface area contributed by atoms with Gasteiger partial charge >= 0.3 is 0 Å². The Labute approximate surface area is 160 Å². The van der Waals surface area contributed by atoms with E-state index in [-0.39, 0.29) is 10.2 Å². The number of benzene rings is 2. The van der Waals surface area contributed by atoms with Gasteiger partial charge in [-0.25, -0.2) is 0 Å². The molecule has 0 spiro atoms. The van der Waals surface area contributed by atoms with Gasteiger partial charge in [0.1, 0.15) is 0 Å². The number of thioether (sulfide) groups is 1. The van der Waals surface area contributed by atoms with Crippen LogP contribution < -0.4 is 10.6 Å². The van der Waals surface area contributed by atoms with Crippen LogP contribution in [0.4, 0.5) is 11.4 Å². The van der Waals surface area contributed by atoms with Crippen molar-refractivity contribution in [2.45, 2.75) is 56.1 Å². The second-order valence-corrected chi connectivity index (χ2v) is 10.2. The van der Waals surface area contributed by atoms with E-state index in [1.54, 1.807) is 0 Å². The van der Waals surface area contributed by atoms with Crippen LogP contribution in [0.25, 0.3) is 0 Å². The molecule has 25 heavy (non-hydrogen) atoms. The molecule has 0 radical (unpaired) electrons. The van der Waals surface area contributed by atoms with Crippen molar-refractivity contribution in [3.8, 4) is 0 Å². The van der Waals surface area contributed by atoms with Crippen LogP contribution in [-0.2, 0) is 5.41 Å². The van der Waals surface area contributed by atoms with Crippen molar-refractivity contribution in [2.24, 2.45) is 0 Å². The summed E-state index contributed by atoms with van der Waals surface area (Å²) in [5.41, 5.74) is 4.84. The molecule has 2 aromatic carbocycles. The molecule has 4 heteroatoms. The van der Waals surface area contributed by atoms with Gasteiger partial charge in [-0.3, -0.25) is 0 Å². The quantitative estimate of drug-likeness (QED) is 0.601. The number of anilines is 2. The molecule has 2 nitrogen and oxygen atoms in total. The highest BCUT2D eigenvalue weighted by atomic mass is 32.2. The Morgan fingerprint density at radius 3 is 2.24 bits per heavy atom. The number of thiocarbonyl (C=S) groups is 1. The molecular weight excluding hydrogens is 344 g/mol. The first kappa shape index (κ1) is 18.3. The largest absolute Gasteiger partial charge is 0.332 e. The molecule has 3 rings (SSSR count). The van der Waals surface area contributed by atoms with E-state index in [1.807, 2.05) is 23.9 Å². The summed E-state index contributed by atoms with van der Waals surface area (Å²) in [6, 6.07) is 14.8. The van der Waals surface area contributed by atoms with Crippen molar-refractivity contribution in [1.29, 1.82) is 0 Å². The fourth-order valence-corrected chi connectivity index (χ4v) is 5.49. The minimum absolute atomic E-state index is 0.160. The van der Waals surface area contributed by atoms with Gasteiger partial charge in [0, 0.05) is 21.0 Å². The van der Waals surface area contributed by atoms with Crippen LogP contribution in [0.1, 0.15) is 45.2 Å². The van der Waals surface area contributed by atoms with Crippen molar-refractivity contribution in [3.63, 3.8) is 0 Å². The summed E-state index contributed by atoms with van der Waals surface area (Å²) in [4.78, 5) is 1.38. The Kier molecular flexibility index (Phi) is 4.86. The maximum absolute atomic E-state index is 5.47. The minimum atomic E-state index is 0.160. The molecule has 2 N–H and O–H groups in total. The molecule has 0 atom stereocenters. The fourth-order valence-electron chi connectivity index (χ4n) is 3.65. The van der Waals surface area contributed by atoms with Crippen molar-refractivity contribution in [2.75, 3.05) is 10.6 Å². The van der Waals surface area contributed by atoms with Crippen LogP contribution in [0.3, 0.4) is 0 Å². The number of rotatable bonds is 2. The lowest BCUT2D eigenvalue weighted by molar-refractivity contribution is 0.408. The Hall–Kier alpha value is -1.52. The Bertz CT molecular complexity index is 792. The molecule has 1 aliphatic rings. The van der Waals surface area contributed by atoms with E-state index >= 15 is 0 Å². The average molecular weight is 371 g/mol. The number of hydrogen-bond donors (Lipinski definition) is 2. The maximum atomic E-state index is 5.47. The standard InChI is InChI=1S/C21H26N2S2/c1-14-6-8-15(9-7-14)22-19(24)23-16-10-11-18-17(12-16)20(2,3)13-21(4,5)25-18/h6-12H,13H2,1-5H3,(H2,22,23,24). The molecule has 0 unspecified atom stereocenters. The molecule has 0 aromatic heterocycles. The second-order valence-electron chi connectivity index (χ2n) is 8.08. The van der Waals surface area contributed by atoms with Gasteiger partial charge in [0.15, 0.2) is 5.11 Å². The zero-order valence-electron chi connectivity index (χ0n) is 15.6. The average Bonchev–Trinajstić information content (AvgIpc) is 2.48. The zero-order valence-corrected chi connectivity index (χ0v) is 17.2. The highest BCUT2D eigenvalue weighted by molar-refractivity contribution is 8.00. The summed E-state index contributed by atoms with van der Waals surface area (Å²) in [6.45, 7) is 11.4. The highest BCUT2D eigenvalue weighted by Crippen LogP contribution is 2.51. The molecular formula is C21H26N2S2. The van der Waals surface area contributed by atoms with Crippen LogP contribution in [0.15, 0.2) is 47.4 Å². The first-order valence-electron chi connectivity index (χ1n) is 8.63. The molecule has 2 aromatic rings. The third-order valence-corrected chi connectivity index (χ3v) is 6.01. The molecule has 0 amide bonds. The molecule has 0 saturated carbocycles. The van der Waals surface area contributed by atoms with Crippen molar-refractivity contribution in [1.82, 2.24) is 0 Å². The summed E-state index contributed by atoms with van der Waals surface area (Å²) in [5.74, 6) is 0. The molecule has 0 saturated heterocycles. The van der Waals surface area contributed by atoms with E-state index in [0.717, 1.165) is 17.8 Å². The maximum Gasteiger partial charge on any atom is 0.175 e. The van der Waals surface area contributed by atoms with E-state index in [0.29, 0.717) is 5.11 Å². The zero-order chi connectivity index (χ0) is 18.2. The van der Waals surface area contributed by atoms with Crippen LogP contribution in [0.2, 0.25) is 0 Å². The minimum Gasteiger partial charge on any atom is -0.332 e. The summed E-state index contributed by atoms with van der Waals surface area (Å²) < 4.78 is 0.272. The van der Waals surface area contributed by atoms with E-state index in [2.05, 4.69) is 75.6 Å². The SMILES string of the molecule is Cc1ccc(NC(=S)Nc2ccc3c(c2)C(C)(C)CC(C)(C)S3)cc1. The van der Waals surface area contributed by atoms with Crippen LogP contribution in [0, 0.1) is 6.92 Å². The Morgan fingerprint density at radius 1 is 0.960 bits per heavy atom. The predicted octanol–water partition coefficient (Wildman–Crippen LogP) is 6.36. The van der Waals surface area contributed by atoms with E-state index < -0.39 is 0 Å². The monoisotopic (exact) mass is 370 g/mol. The lowest BCUT2D eigenvalue weighted by atomic mass is 9.77. The predicted molar refractivity (Wildman–Crippen MR) is 115 cm³/mol. The third kappa shape index (κ3) is 4.36. The lowest BCUT2D eigenvalue weighted by Gasteiger charge is -2.41. The second kappa shape index (κ2) is 6.65. The van der Waals surface area contributed by atoms with Crippen LogP contribution >= 0.6 is 24.0 Å². The van der Waals surface area contributed by atoms with E-state index in [4.69, 9.17) is 12.2 Å². The molecule has 0 fully saturated rings. The first-order chi connectivity index (χ1) is 11.6. The van der Waals surface area contributed by atoms with Gasteiger partial charge in [-0.2, -0.15) is 0 Å². The summed E-state index contributed by atoms with van der Waals surface area (Å²) in [7, 11) is 0. The molecule has 1 aliphatic heterocycles. The third-order valence-electron chi connectivity index (χ3n) is 4.53. The van der Waals surface area contributed by atoms with Gasteiger partial charge in [0.05, 0.1) is 0 Å². The van der Waals surface area contributed by atoms with Crippen molar-refractivity contribution < 1.29 is 0 Å². The number of nitrogens with one attached hydrogen (secondary N) is 2. The molecule has 1 heterocycles. The molecule has 0 bridgehead atoms. The topological polar surface area (TPSA) is 24.1 Å². The van der Waals surface area contributed by atoms with Crippen LogP contribution in [-0.4, -0.2) is 9.86 Å². The summed E-state index contributed by atoms with van der Waals surface area (Å²) in [5, 5.41) is 7.19. The van der Waals surface area contributed by atoms with Gasteiger partial charge in [-0.05, 0) is 66.9 Å². The number of hydrogen-bond acceptors (Lipinski definition) is 2. The Morgan fingerprint density at radius 2 is 1.56 bits per heavy atom. The van der Waals surface area contributed by atoms with E-state index in [9.17, 15) is 0 Å². The smallest absolute Gasteiger partial charge is 0.175 e. The Balaban J connectivity index is 1.76. The van der Waals surface area contributed by atoms with Crippen LogP contribution in [0.5, 0.6) is 0 Å². The number of aryl methyl sites for hydroxylation is 1.